The standard InChI is InChI=1S/C20H22ClF3N4O4/c21-12-1-4-15(5-2-12)30-11-19(29)26-13-3-6-18(31-10-13)17-9-25-28(27-17)14-7-16(8-14)32-20(22,23)24/h1-2,4-5,9,13-14,16,18H,3,6-8,10-11H2,(H,26,29)/t13-,14?,16?,18+/m0/s1. The van der Waals surface area contributed by atoms with Crippen molar-refractivity contribution >= 4 is 17.5 Å². The van der Waals surface area contributed by atoms with E-state index >= 15 is 0 Å². The van der Waals surface area contributed by atoms with Crippen molar-refractivity contribution in [3.05, 3.63) is 41.2 Å². The number of halogens is 4. The molecule has 2 aromatic rings. The fraction of sp³-hybridized carbons (Fsp3) is 0.550. The lowest BCUT2D eigenvalue weighted by Crippen LogP contribution is -2.43. The first kappa shape index (κ1) is 22.8. The number of hydrogen-bond donors (Lipinski definition) is 1. The van der Waals surface area contributed by atoms with E-state index in [9.17, 15) is 18.0 Å². The van der Waals surface area contributed by atoms with Crippen molar-refractivity contribution in [1.29, 1.82) is 0 Å². The average molecular weight is 475 g/mol. The molecule has 8 nitrogen and oxygen atoms in total. The van der Waals surface area contributed by atoms with E-state index in [1.54, 1.807) is 30.5 Å². The molecule has 1 N–H and O–H groups in total. The van der Waals surface area contributed by atoms with Crippen LogP contribution < -0.4 is 10.1 Å². The molecule has 2 aliphatic rings. The lowest BCUT2D eigenvalue weighted by molar-refractivity contribution is -0.353. The van der Waals surface area contributed by atoms with E-state index < -0.39 is 12.5 Å². The second-order valence-electron chi connectivity index (χ2n) is 7.81. The molecular formula is C20H22ClF3N4O4. The molecule has 0 spiro atoms. The van der Waals surface area contributed by atoms with Crippen molar-refractivity contribution in [1.82, 2.24) is 20.3 Å². The van der Waals surface area contributed by atoms with Crippen LogP contribution in [0.2, 0.25) is 5.02 Å². The van der Waals surface area contributed by atoms with Crippen molar-refractivity contribution in [2.24, 2.45) is 0 Å². The van der Waals surface area contributed by atoms with E-state index in [-0.39, 0.29) is 43.5 Å². The van der Waals surface area contributed by atoms with Crippen LogP contribution in [0.5, 0.6) is 5.75 Å². The van der Waals surface area contributed by atoms with Gasteiger partial charge in [0.05, 0.1) is 31.0 Å². The molecule has 2 atom stereocenters. The number of aromatic nitrogens is 3. The molecule has 1 aromatic carbocycles. The van der Waals surface area contributed by atoms with Crippen LogP contribution in [-0.4, -0.2) is 52.6 Å². The predicted molar refractivity (Wildman–Crippen MR) is 106 cm³/mol. The van der Waals surface area contributed by atoms with Crippen LogP contribution in [0.15, 0.2) is 30.5 Å². The first-order valence-corrected chi connectivity index (χ1v) is 10.6. The van der Waals surface area contributed by atoms with Crippen LogP contribution in [0.4, 0.5) is 13.2 Å². The monoisotopic (exact) mass is 474 g/mol. The topological polar surface area (TPSA) is 87.5 Å². The Hall–Kier alpha value is -2.37. The minimum atomic E-state index is -4.62. The molecule has 0 bridgehead atoms. The normalized spacial score (nSPS) is 25.8. The van der Waals surface area contributed by atoms with Crippen molar-refractivity contribution in [2.45, 2.75) is 56.3 Å². The number of amides is 1. The first-order valence-electron chi connectivity index (χ1n) is 10.2. The predicted octanol–water partition coefficient (Wildman–Crippen LogP) is 3.59. The van der Waals surface area contributed by atoms with Gasteiger partial charge in [-0.3, -0.25) is 9.53 Å². The summed E-state index contributed by atoms with van der Waals surface area (Å²) in [4.78, 5) is 13.5. The highest BCUT2D eigenvalue weighted by Gasteiger charge is 2.41. The number of carbonyl (C=O) groups is 1. The zero-order valence-corrected chi connectivity index (χ0v) is 17.7. The Balaban J connectivity index is 1.17. The van der Waals surface area contributed by atoms with Gasteiger partial charge in [-0.05, 0) is 49.9 Å². The summed E-state index contributed by atoms with van der Waals surface area (Å²) in [7, 11) is 0. The van der Waals surface area contributed by atoms with Crippen LogP contribution in [0, 0.1) is 0 Å². The molecule has 0 radical (unpaired) electrons. The van der Waals surface area contributed by atoms with Crippen LogP contribution in [0.1, 0.15) is 43.5 Å². The number of ether oxygens (including phenoxy) is 3. The number of benzene rings is 1. The van der Waals surface area contributed by atoms with Gasteiger partial charge in [0.1, 0.15) is 17.5 Å². The second-order valence-corrected chi connectivity index (χ2v) is 8.24. The molecule has 1 aliphatic heterocycles. The highest BCUT2D eigenvalue weighted by molar-refractivity contribution is 6.30. The molecule has 1 amide bonds. The Kier molecular flexibility index (Phi) is 6.87. The van der Waals surface area contributed by atoms with Crippen LogP contribution >= 0.6 is 11.6 Å². The Morgan fingerprint density at radius 3 is 2.66 bits per heavy atom. The summed E-state index contributed by atoms with van der Waals surface area (Å²) in [5.74, 6) is 0.300. The van der Waals surface area contributed by atoms with Crippen molar-refractivity contribution in [2.75, 3.05) is 13.2 Å². The van der Waals surface area contributed by atoms with E-state index in [2.05, 4.69) is 20.3 Å². The molecule has 1 aromatic heterocycles. The summed E-state index contributed by atoms with van der Waals surface area (Å²) in [5, 5.41) is 12.0. The average Bonchev–Trinajstić information content (AvgIpc) is 3.19. The van der Waals surface area contributed by atoms with Crippen molar-refractivity contribution in [3.8, 4) is 5.75 Å². The second kappa shape index (κ2) is 9.63. The van der Waals surface area contributed by atoms with Gasteiger partial charge >= 0.3 is 6.36 Å². The summed E-state index contributed by atoms with van der Waals surface area (Å²) in [6, 6.07) is 6.37. The Bertz CT molecular complexity index is 910. The molecule has 174 valence electrons. The zero-order chi connectivity index (χ0) is 22.7. The number of rotatable bonds is 7. The van der Waals surface area contributed by atoms with Gasteiger partial charge in [0, 0.05) is 5.02 Å². The maximum Gasteiger partial charge on any atom is 0.522 e. The van der Waals surface area contributed by atoms with E-state index in [4.69, 9.17) is 21.1 Å². The smallest absolute Gasteiger partial charge is 0.484 e. The summed E-state index contributed by atoms with van der Waals surface area (Å²) >= 11 is 5.81. The minimum absolute atomic E-state index is 0.115. The number of alkyl halides is 3. The largest absolute Gasteiger partial charge is 0.522 e. The van der Waals surface area contributed by atoms with Gasteiger partial charge in [0.15, 0.2) is 6.61 Å². The van der Waals surface area contributed by atoms with Gasteiger partial charge in [-0.1, -0.05) is 11.6 Å². The van der Waals surface area contributed by atoms with Crippen LogP contribution in [-0.2, 0) is 14.3 Å². The zero-order valence-electron chi connectivity index (χ0n) is 16.9. The number of nitrogens with zero attached hydrogens (tertiary/aromatic N) is 3. The fourth-order valence-electron chi connectivity index (χ4n) is 3.67. The molecule has 0 unspecified atom stereocenters. The maximum absolute atomic E-state index is 12.2. The lowest BCUT2D eigenvalue weighted by atomic mass is 9.90. The van der Waals surface area contributed by atoms with Gasteiger partial charge in [-0.15, -0.1) is 13.2 Å². The molecular weight excluding hydrogens is 453 g/mol. The third-order valence-electron chi connectivity index (χ3n) is 5.38. The molecule has 2 fully saturated rings. The van der Waals surface area contributed by atoms with E-state index in [1.165, 1.54) is 4.80 Å². The molecule has 1 saturated carbocycles. The molecule has 4 rings (SSSR count). The molecule has 1 aliphatic carbocycles. The minimum Gasteiger partial charge on any atom is -0.484 e. The Morgan fingerprint density at radius 2 is 2.00 bits per heavy atom. The van der Waals surface area contributed by atoms with Gasteiger partial charge in [-0.25, -0.2) is 0 Å². The van der Waals surface area contributed by atoms with Crippen molar-refractivity contribution in [3.63, 3.8) is 0 Å². The van der Waals surface area contributed by atoms with Crippen LogP contribution in [0.25, 0.3) is 0 Å². The Labute approximate surface area is 187 Å². The van der Waals surface area contributed by atoms with E-state index in [0.29, 0.717) is 35.9 Å². The molecule has 1 saturated heterocycles. The van der Waals surface area contributed by atoms with Crippen LogP contribution in [0.3, 0.4) is 0 Å². The molecule has 12 heteroatoms. The quantitative estimate of drug-likeness (QED) is 0.660. The molecule has 2 heterocycles. The lowest BCUT2D eigenvalue weighted by Gasteiger charge is -2.34. The number of hydrogen-bond acceptors (Lipinski definition) is 6. The fourth-order valence-corrected chi connectivity index (χ4v) is 3.80. The maximum atomic E-state index is 12.2. The summed E-state index contributed by atoms with van der Waals surface area (Å²) in [5.41, 5.74) is 0.626. The SMILES string of the molecule is O=C(COc1ccc(Cl)cc1)N[C@H]1CC[C@H](c2cnn(C3CC(OC(F)(F)F)C3)n2)OC1. The summed E-state index contributed by atoms with van der Waals surface area (Å²) < 4.78 is 52.0. The third kappa shape index (κ3) is 6.11. The highest BCUT2D eigenvalue weighted by atomic mass is 35.5. The van der Waals surface area contributed by atoms with Gasteiger partial charge in [-0.2, -0.15) is 15.0 Å². The Morgan fingerprint density at radius 1 is 1.25 bits per heavy atom. The van der Waals surface area contributed by atoms with Gasteiger partial charge in [0.2, 0.25) is 0 Å². The number of carbonyl (C=O) groups excluding carboxylic acids is 1. The number of nitrogens with one attached hydrogen (secondary N) is 1. The highest BCUT2D eigenvalue weighted by Crippen LogP contribution is 2.37. The third-order valence-corrected chi connectivity index (χ3v) is 5.63. The van der Waals surface area contributed by atoms with Gasteiger partial charge < -0.3 is 14.8 Å². The van der Waals surface area contributed by atoms with E-state index in [1.807, 2.05) is 0 Å². The van der Waals surface area contributed by atoms with E-state index in [0.717, 1.165) is 0 Å². The molecule has 32 heavy (non-hydrogen) atoms. The van der Waals surface area contributed by atoms with Crippen molar-refractivity contribution < 1.29 is 32.2 Å². The summed E-state index contributed by atoms with van der Waals surface area (Å²) in [6.45, 7) is 0.200. The summed E-state index contributed by atoms with van der Waals surface area (Å²) in [6.07, 6.45) is -2.43. The van der Waals surface area contributed by atoms with Gasteiger partial charge in [0.25, 0.3) is 5.91 Å². The first-order chi connectivity index (χ1) is 15.2.